The number of carbonyl (C=O) groups excluding carboxylic acids is 1. The Morgan fingerprint density at radius 3 is 2.54 bits per heavy atom. The molecule has 0 unspecified atom stereocenters. The number of hydrogen-bond donors (Lipinski definition) is 0. The molecule has 0 aliphatic heterocycles. The quantitative estimate of drug-likeness (QED) is 0.633. The minimum atomic E-state index is -0.652. The Labute approximate surface area is 151 Å². The van der Waals surface area contributed by atoms with Crippen molar-refractivity contribution >= 4 is 16.9 Å². The van der Waals surface area contributed by atoms with Gasteiger partial charge in [0.2, 0.25) is 0 Å². The van der Waals surface area contributed by atoms with Crippen LogP contribution in [0.5, 0.6) is 5.75 Å². The molecule has 0 saturated carbocycles. The minimum Gasteiger partial charge on any atom is -0.490 e. The lowest BCUT2D eigenvalue weighted by Crippen LogP contribution is -2.33. The summed E-state index contributed by atoms with van der Waals surface area (Å²) in [7, 11) is 0. The number of ether oxygens (including phenoxy) is 1. The Morgan fingerprint density at radius 2 is 1.85 bits per heavy atom. The van der Waals surface area contributed by atoms with Gasteiger partial charge in [-0.3, -0.25) is 4.79 Å². The van der Waals surface area contributed by atoms with Gasteiger partial charge in [0.25, 0.3) is 5.91 Å². The third kappa shape index (κ3) is 3.61. The molecular weight excluding hydrogens is 330 g/mol. The van der Waals surface area contributed by atoms with Crippen LogP contribution in [0.4, 0.5) is 0 Å². The van der Waals surface area contributed by atoms with Crippen LogP contribution in [0.1, 0.15) is 29.8 Å². The summed E-state index contributed by atoms with van der Waals surface area (Å²) in [5.41, 5.74) is 0.749. The Morgan fingerprint density at radius 1 is 1.08 bits per heavy atom. The fourth-order valence-electron chi connectivity index (χ4n) is 2.84. The van der Waals surface area contributed by atoms with E-state index in [9.17, 15) is 9.59 Å². The summed E-state index contributed by atoms with van der Waals surface area (Å²) in [5, 5.41) is 0.662. The van der Waals surface area contributed by atoms with Crippen LogP contribution < -0.4 is 10.4 Å². The van der Waals surface area contributed by atoms with Crippen LogP contribution in [0.3, 0.4) is 0 Å². The van der Waals surface area contributed by atoms with Crippen LogP contribution in [0.15, 0.2) is 63.8 Å². The first-order valence-electron chi connectivity index (χ1n) is 8.67. The molecule has 134 valence electrons. The molecule has 1 aromatic heterocycles. The van der Waals surface area contributed by atoms with E-state index in [1.165, 1.54) is 0 Å². The zero-order valence-electron chi connectivity index (χ0n) is 14.9. The highest BCUT2D eigenvalue weighted by atomic mass is 16.5. The molecule has 2 aromatic carbocycles. The van der Waals surface area contributed by atoms with Crippen molar-refractivity contribution in [2.45, 2.75) is 20.4 Å². The zero-order valence-corrected chi connectivity index (χ0v) is 14.9. The summed E-state index contributed by atoms with van der Waals surface area (Å²) < 4.78 is 10.9. The van der Waals surface area contributed by atoms with E-state index in [0.717, 1.165) is 5.56 Å². The first-order chi connectivity index (χ1) is 12.6. The Balaban J connectivity index is 1.97. The predicted molar refractivity (Wildman–Crippen MR) is 101 cm³/mol. The van der Waals surface area contributed by atoms with Crippen LogP contribution in [-0.4, -0.2) is 24.0 Å². The molecule has 0 N–H and O–H groups in total. The van der Waals surface area contributed by atoms with Crippen molar-refractivity contribution in [3.05, 3.63) is 76.1 Å². The highest BCUT2D eigenvalue weighted by Gasteiger charge is 2.20. The number of carbonyl (C=O) groups is 1. The average molecular weight is 351 g/mol. The lowest BCUT2D eigenvalue weighted by molar-refractivity contribution is 0.0748. The normalized spacial score (nSPS) is 10.7. The molecule has 0 saturated heterocycles. The molecule has 0 bridgehead atoms. The molecule has 5 heteroatoms. The molecule has 1 heterocycles. The van der Waals surface area contributed by atoms with E-state index >= 15 is 0 Å². The van der Waals surface area contributed by atoms with Crippen molar-refractivity contribution in [2.24, 2.45) is 0 Å². The van der Waals surface area contributed by atoms with E-state index in [2.05, 4.69) is 0 Å². The van der Waals surface area contributed by atoms with Crippen molar-refractivity contribution in [1.29, 1.82) is 0 Å². The zero-order chi connectivity index (χ0) is 18.5. The second-order valence-corrected chi connectivity index (χ2v) is 5.86. The summed E-state index contributed by atoms with van der Waals surface area (Å²) in [6.45, 7) is 5.13. The number of nitrogens with zero attached hydrogens (tertiary/aromatic N) is 1. The summed E-state index contributed by atoms with van der Waals surface area (Å²) in [6, 6.07) is 16.6. The van der Waals surface area contributed by atoms with Crippen molar-refractivity contribution in [2.75, 3.05) is 13.2 Å². The van der Waals surface area contributed by atoms with Gasteiger partial charge in [0.15, 0.2) is 11.3 Å². The fraction of sp³-hybridized carbons (Fsp3) is 0.238. The summed E-state index contributed by atoms with van der Waals surface area (Å²) >= 11 is 0. The Bertz CT molecular complexity index is 963. The van der Waals surface area contributed by atoms with Gasteiger partial charge in [-0.15, -0.1) is 0 Å². The van der Waals surface area contributed by atoms with Gasteiger partial charge in [-0.1, -0.05) is 42.5 Å². The van der Waals surface area contributed by atoms with Crippen LogP contribution in [-0.2, 0) is 6.54 Å². The molecule has 0 aliphatic rings. The van der Waals surface area contributed by atoms with Gasteiger partial charge in [0, 0.05) is 18.5 Å². The van der Waals surface area contributed by atoms with Crippen LogP contribution in [0, 0.1) is 0 Å². The van der Waals surface area contributed by atoms with Gasteiger partial charge in [0.05, 0.1) is 6.61 Å². The number of fused-ring (bicyclic) bond motifs is 1. The van der Waals surface area contributed by atoms with Crippen LogP contribution in [0.25, 0.3) is 11.0 Å². The van der Waals surface area contributed by atoms with E-state index in [4.69, 9.17) is 9.15 Å². The smallest absolute Gasteiger partial charge is 0.349 e. The van der Waals surface area contributed by atoms with Crippen molar-refractivity contribution in [3.63, 3.8) is 0 Å². The third-order valence-electron chi connectivity index (χ3n) is 4.14. The van der Waals surface area contributed by atoms with Gasteiger partial charge in [-0.25, -0.2) is 4.79 Å². The van der Waals surface area contributed by atoms with Gasteiger partial charge < -0.3 is 14.1 Å². The maximum Gasteiger partial charge on any atom is 0.349 e. The molecule has 3 aromatic rings. The number of para-hydroxylation sites is 1. The van der Waals surface area contributed by atoms with Crippen LogP contribution >= 0.6 is 0 Å². The SMILES string of the molecule is CCOc1cccc2cc(C(=O)N(CC)Cc3ccccc3)c(=O)oc12. The molecule has 0 atom stereocenters. The number of rotatable bonds is 6. The summed E-state index contributed by atoms with van der Waals surface area (Å²) in [5.74, 6) is 0.159. The van der Waals surface area contributed by atoms with Crippen molar-refractivity contribution < 1.29 is 13.9 Å². The predicted octanol–water partition coefficient (Wildman–Crippen LogP) is 3.85. The Hall–Kier alpha value is -3.08. The largest absolute Gasteiger partial charge is 0.490 e. The third-order valence-corrected chi connectivity index (χ3v) is 4.14. The second kappa shape index (κ2) is 7.87. The first kappa shape index (κ1) is 17.7. The molecular formula is C21H21NO4. The molecule has 5 nitrogen and oxygen atoms in total. The van der Waals surface area contributed by atoms with E-state index in [1.807, 2.05) is 50.2 Å². The van der Waals surface area contributed by atoms with Gasteiger partial charge in [-0.2, -0.15) is 0 Å². The van der Waals surface area contributed by atoms with E-state index < -0.39 is 5.63 Å². The lowest BCUT2D eigenvalue weighted by atomic mass is 10.1. The summed E-state index contributed by atoms with van der Waals surface area (Å²) in [4.78, 5) is 26.9. The van der Waals surface area contributed by atoms with Crippen molar-refractivity contribution in [3.8, 4) is 5.75 Å². The minimum absolute atomic E-state index is 0.0314. The molecule has 0 radical (unpaired) electrons. The molecule has 0 fully saturated rings. The molecule has 0 aliphatic carbocycles. The average Bonchev–Trinajstić information content (AvgIpc) is 2.66. The number of amides is 1. The van der Waals surface area contributed by atoms with Gasteiger partial charge in [-0.05, 0) is 31.5 Å². The van der Waals surface area contributed by atoms with Crippen molar-refractivity contribution in [1.82, 2.24) is 4.90 Å². The van der Waals surface area contributed by atoms with E-state index in [0.29, 0.717) is 36.4 Å². The maximum atomic E-state index is 12.9. The highest BCUT2D eigenvalue weighted by Crippen LogP contribution is 2.25. The van der Waals surface area contributed by atoms with E-state index in [-0.39, 0.29) is 11.5 Å². The second-order valence-electron chi connectivity index (χ2n) is 5.86. The number of benzene rings is 2. The Kier molecular flexibility index (Phi) is 5.37. The van der Waals surface area contributed by atoms with Crippen LogP contribution in [0.2, 0.25) is 0 Å². The molecule has 26 heavy (non-hydrogen) atoms. The lowest BCUT2D eigenvalue weighted by Gasteiger charge is -2.20. The topological polar surface area (TPSA) is 59.8 Å². The molecule has 1 amide bonds. The monoisotopic (exact) mass is 351 g/mol. The summed E-state index contributed by atoms with van der Waals surface area (Å²) in [6.07, 6.45) is 0. The van der Waals surface area contributed by atoms with E-state index in [1.54, 1.807) is 23.1 Å². The maximum absolute atomic E-state index is 12.9. The fourth-order valence-corrected chi connectivity index (χ4v) is 2.84. The standard InChI is InChI=1S/C21H21NO4/c1-3-22(14-15-9-6-5-7-10-15)20(23)17-13-16-11-8-12-18(25-4-2)19(16)26-21(17)24/h5-13H,3-4,14H2,1-2H3. The number of hydrogen-bond acceptors (Lipinski definition) is 4. The van der Waals surface area contributed by atoms with Gasteiger partial charge in [0.1, 0.15) is 5.56 Å². The molecule has 0 spiro atoms. The molecule has 3 rings (SSSR count). The van der Waals surface area contributed by atoms with Gasteiger partial charge >= 0.3 is 5.63 Å². The first-order valence-corrected chi connectivity index (χ1v) is 8.67. The highest BCUT2D eigenvalue weighted by molar-refractivity contribution is 5.97.